The van der Waals surface area contributed by atoms with E-state index in [-0.39, 0.29) is 28.2 Å². The number of amides is 1. The molecule has 174 valence electrons. The van der Waals surface area contributed by atoms with Crippen molar-refractivity contribution < 1.29 is 18.0 Å². The number of likely N-dealkylation sites (tertiary alicyclic amines) is 1. The Morgan fingerprint density at radius 2 is 1.91 bits per heavy atom. The molecule has 0 bridgehead atoms. The van der Waals surface area contributed by atoms with E-state index in [1.165, 1.54) is 18.5 Å². The van der Waals surface area contributed by atoms with Gasteiger partial charge in [0.1, 0.15) is 11.3 Å². The number of imidazole rings is 1. The molecule has 0 spiro atoms. The van der Waals surface area contributed by atoms with E-state index in [0.717, 1.165) is 30.6 Å². The van der Waals surface area contributed by atoms with Crippen LogP contribution < -0.4 is 5.73 Å². The number of hydrogen-bond acceptors (Lipinski definition) is 4. The summed E-state index contributed by atoms with van der Waals surface area (Å²) in [7, 11) is 0. The van der Waals surface area contributed by atoms with Crippen LogP contribution in [0.1, 0.15) is 54.8 Å². The second-order valence-electron chi connectivity index (χ2n) is 9.43. The summed E-state index contributed by atoms with van der Waals surface area (Å²) in [6.45, 7) is 0.955. The lowest BCUT2D eigenvalue weighted by Gasteiger charge is -2.38. The van der Waals surface area contributed by atoms with E-state index < -0.39 is 30.7 Å². The van der Waals surface area contributed by atoms with Crippen LogP contribution in [0.4, 0.5) is 13.2 Å². The van der Waals surface area contributed by atoms with Crippen LogP contribution >= 0.6 is 0 Å². The van der Waals surface area contributed by atoms with E-state index in [4.69, 9.17) is 5.73 Å². The summed E-state index contributed by atoms with van der Waals surface area (Å²) >= 11 is 0. The molecule has 1 aliphatic carbocycles. The van der Waals surface area contributed by atoms with Gasteiger partial charge in [0, 0.05) is 23.5 Å². The Hall–Kier alpha value is -2.94. The molecule has 1 unspecified atom stereocenters. The zero-order valence-electron chi connectivity index (χ0n) is 18.3. The monoisotopic (exact) mass is 457 g/mol. The molecular formula is C24H26F3N5O. The van der Waals surface area contributed by atoms with Gasteiger partial charge in [0.15, 0.2) is 5.82 Å². The molecule has 5 rings (SSSR count). The highest BCUT2D eigenvalue weighted by Gasteiger charge is 2.46. The molecule has 3 N–H and O–H groups in total. The van der Waals surface area contributed by atoms with Crippen LogP contribution in [0.3, 0.4) is 0 Å². The molecule has 1 amide bonds. The van der Waals surface area contributed by atoms with Crippen LogP contribution in [0.15, 0.2) is 30.6 Å². The molecule has 1 saturated heterocycles. The van der Waals surface area contributed by atoms with Gasteiger partial charge in [0.2, 0.25) is 0 Å². The van der Waals surface area contributed by atoms with Crippen LogP contribution in [-0.4, -0.2) is 44.8 Å². The Morgan fingerprint density at radius 1 is 1.18 bits per heavy atom. The van der Waals surface area contributed by atoms with Crippen LogP contribution in [0, 0.1) is 17.7 Å². The van der Waals surface area contributed by atoms with E-state index in [1.807, 2.05) is 0 Å². The molecule has 3 heterocycles. The zero-order chi connectivity index (χ0) is 23.3. The summed E-state index contributed by atoms with van der Waals surface area (Å²) in [4.78, 5) is 25.5. The number of carbonyl (C=O) groups is 1. The maximum Gasteiger partial charge on any atom is 0.282 e. The summed E-state index contributed by atoms with van der Waals surface area (Å²) < 4.78 is 42.1. The topological polar surface area (TPSA) is 87.9 Å². The molecule has 9 heteroatoms. The smallest absolute Gasteiger partial charge is 0.282 e. The highest BCUT2D eigenvalue weighted by atomic mass is 19.3. The summed E-state index contributed by atoms with van der Waals surface area (Å²) in [6.07, 6.45) is 7.04. The highest BCUT2D eigenvalue weighted by molar-refractivity contribution is 6.02. The average molecular weight is 458 g/mol. The maximum absolute atomic E-state index is 15.6. The predicted octanol–water partition coefficient (Wildman–Crippen LogP) is 4.68. The van der Waals surface area contributed by atoms with Crippen LogP contribution in [0.5, 0.6) is 0 Å². The minimum atomic E-state index is -2.88. The lowest BCUT2D eigenvalue weighted by molar-refractivity contribution is -0.113. The first kappa shape index (κ1) is 21.9. The van der Waals surface area contributed by atoms with Crippen LogP contribution in [0.2, 0.25) is 0 Å². The number of aromatic amines is 1. The zero-order valence-corrected chi connectivity index (χ0v) is 18.3. The van der Waals surface area contributed by atoms with Gasteiger partial charge in [-0.05, 0) is 42.9 Å². The van der Waals surface area contributed by atoms with E-state index in [1.54, 1.807) is 12.1 Å². The van der Waals surface area contributed by atoms with Gasteiger partial charge in [-0.1, -0.05) is 19.8 Å². The minimum Gasteiger partial charge on any atom is -0.341 e. The molecular weight excluding hydrogens is 431 g/mol. The Balaban J connectivity index is 1.47. The second kappa shape index (κ2) is 8.13. The van der Waals surface area contributed by atoms with E-state index in [2.05, 4.69) is 21.9 Å². The maximum atomic E-state index is 15.6. The van der Waals surface area contributed by atoms with Crippen LogP contribution in [-0.2, 0) is 0 Å². The lowest BCUT2D eigenvalue weighted by Crippen LogP contribution is -2.58. The Morgan fingerprint density at radius 3 is 2.61 bits per heavy atom. The highest BCUT2D eigenvalue weighted by Crippen LogP contribution is 2.37. The minimum absolute atomic E-state index is 0.127. The quantitative estimate of drug-likeness (QED) is 0.595. The van der Waals surface area contributed by atoms with Crippen molar-refractivity contribution in [1.29, 1.82) is 0 Å². The summed E-state index contributed by atoms with van der Waals surface area (Å²) in [6, 6.07) is 4.36. The number of halogens is 3. The molecule has 33 heavy (non-hydrogen) atoms. The van der Waals surface area contributed by atoms with Gasteiger partial charge in [0.25, 0.3) is 11.8 Å². The number of nitrogens with two attached hydrogens (primary N) is 1. The summed E-state index contributed by atoms with van der Waals surface area (Å²) in [5.74, 6) is -2.52. The van der Waals surface area contributed by atoms with Crippen molar-refractivity contribution in [3.05, 3.63) is 47.8 Å². The molecule has 1 saturated carbocycles. The molecule has 6 nitrogen and oxygen atoms in total. The third-order valence-corrected chi connectivity index (χ3v) is 6.97. The number of carbonyl (C=O) groups excluding carboxylic acids is 1. The molecule has 2 aliphatic rings. The first-order valence-electron chi connectivity index (χ1n) is 11.3. The molecule has 1 aliphatic heterocycles. The lowest BCUT2D eigenvalue weighted by atomic mass is 9.79. The van der Waals surface area contributed by atoms with Crippen molar-refractivity contribution in [1.82, 2.24) is 19.9 Å². The Bertz CT molecular complexity index is 1190. The molecule has 2 fully saturated rings. The van der Waals surface area contributed by atoms with Crippen molar-refractivity contribution in [3.63, 3.8) is 0 Å². The SMILES string of the molecule is CC1CCC(C(N)c2nc3c(F)c(-c4cnccc4C(=O)N4CC(F)(F)C4)ccc3[nH]2)CC1. The number of rotatable bonds is 4. The summed E-state index contributed by atoms with van der Waals surface area (Å²) in [5, 5.41) is 0. The Kier molecular flexibility index (Phi) is 5.39. The molecule has 2 aromatic heterocycles. The fourth-order valence-corrected chi connectivity index (χ4v) is 4.92. The number of alkyl halides is 2. The largest absolute Gasteiger partial charge is 0.341 e. The molecule has 1 aromatic carbocycles. The number of hydrogen-bond donors (Lipinski definition) is 2. The second-order valence-corrected chi connectivity index (χ2v) is 9.43. The van der Waals surface area contributed by atoms with Gasteiger partial charge in [-0.2, -0.15) is 0 Å². The van der Waals surface area contributed by atoms with Crippen molar-refractivity contribution in [2.24, 2.45) is 17.6 Å². The molecule has 1 atom stereocenters. The number of H-pyrrole nitrogens is 1. The standard InChI is InChI=1S/C24H26F3N5O/c1-13-2-4-14(5-3-13)20(28)22-30-18-7-6-15(19(25)21(18)31-22)17-10-29-9-8-16(17)23(33)32-11-24(26,27)12-32/h6-10,13-14,20H,2-5,11-12,28H2,1H3,(H,30,31). The van der Waals surface area contributed by atoms with Crippen molar-refractivity contribution in [3.8, 4) is 11.1 Å². The number of aromatic nitrogens is 3. The van der Waals surface area contributed by atoms with Gasteiger partial charge in [-0.3, -0.25) is 9.78 Å². The molecule has 0 radical (unpaired) electrons. The number of benzene rings is 1. The van der Waals surface area contributed by atoms with Gasteiger partial charge in [0.05, 0.1) is 30.2 Å². The fraction of sp³-hybridized carbons (Fsp3) is 0.458. The predicted molar refractivity (Wildman–Crippen MR) is 118 cm³/mol. The van der Waals surface area contributed by atoms with E-state index in [0.29, 0.717) is 23.2 Å². The van der Waals surface area contributed by atoms with E-state index >= 15 is 4.39 Å². The van der Waals surface area contributed by atoms with Crippen molar-refractivity contribution >= 4 is 16.9 Å². The number of nitrogens with one attached hydrogen (secondary N) is 1. The number of nitrogens with zero attached hydrogens (tertiary/aromatic N) is 3. The molecule has 3 aromatic rings. The third-order valence-electron chi connectivity index (χ3n) is 6.97. The number of pyridine rings is 1. The van der Waals surface area contributed by atoms with Gasteiger partial charge < -0.3 is 15.6 Å². The Labute approximate surface area is 189 Å². The number of fused-ring (bicyclic) bond motifs is 1. The average Bonchev–Trinajstić information content (AvgIpc) is 3.23. The van der Waals surface area contributed by atoms with Gasteiger partial charge in [-0.25, -0.2) is 18.2 Å². The van der Waals surface area contributed by atoms with Crippen molar-refractivity contribution in [2.45, 2.75) is 44.6 Å². The van der Waals surface area contributed by atoms with Crippen molar-refractivity contribution in [2.75, 3.05) is 13.1 Å². The van der Waals surface area contributed by atoms with Crippen LogP contribution in [0.25, 0.3) is 22.2 Å². The first-order valence-corrected chi connectivity index (χ1v) is 11.3. The first-order chi connectivity index (χ1) is 15.7. The van der Waals surface area contributed by atoms with Gasteiger partial charge >= 0.3 is 0 Å². The third kappa shape index (κ3) is 3.99. The normalized spacial score (nSPS) is 23.4. The van der Waals surface area contributed by atoms with Gasteiger partial charge in [-0.15, -0.1) is 0 Å². The summed E-state index contributed by atoms with van der Waals surface area (Å²) in [5.41, 5.74) is 7.65. The van der Waals surface area contributed by atoms with E-state index in [9.17, 15) is 13.6 Å². The fourth-order valence-electron chi connectivity index (χ4n) is 4.92.